The normalized spacial score (nSPS) is 10.3. The Morgan fingerprint density at radius 1 is 1.50 bits per heavy atom. The maximum atomic E-state index is 12.4. The number of benzene rings is 1. The molecular formula is C16H18N2O3S. The molecule has 0 atom stereocenters. The first kappa shape index (κ1) is 16.2. The number of para-hydroxylation sites is 1. The van der Waals surface area contributed by atoms with Gasteiger partial charge in [-0.25, -0.2) is 4.98 Å². The first-order valence-corrected chi connectivity index (χ1v) is 7.69. The first-order valence-electron chi connectivity index (χ1n) is 6.81. The van der Waals surface area contributed by atoms with Crippen molar-refractivity contribution >= 4 is 17.2 Å². The van der Waals surface area contributed by atoms with Gasteiger partial charge in [0.2, 0.25) is 0 Å². The van der Waals surface area contributed by atoms with E-state index in [1.165, 1.54) is 16.2 Å². The molecule has 22 heavy (non-hydrogen) atoms. The zero-order chi connectivity index (χ0) is 15.9. The molecule has 5 nitrogen and oxygen atoms in total. The van der Waals surface area contributed by atoms with Crippen LogP contribution in [-0.4, -0.2) is 47.7 Å². The quantitative estimate of drug-likeness (QED) is 0.797. The van der Waals surface area contributed by atoms with Gasteiger partial charge in [0.1, 0.15) is 16.5 Å². The molecule has 0 unspecified atom stereocenters. The number of aliphatic hydroxyl groups is 1. The Balaban J connectivity index is 2.27. The van der Waals surface area contributed by atoms with Crippen molar-refractivity contribution < 1.29 is 14.6 Å². The Hall–Kier alpha value is -2.18. The van der Waals surface area contributed by atoms with E-state index in [1.807, 2.05) is 24.3 Å². The molecular weight excluding hydrogens is 300 g/mol. The maximum absolute atomic E-state index is 12.4. The van der Waals surface area contributed by atoms with Crippen LogP contribution in [0.4, 0.5) is 0 Å². The topological polar surface area (TPSA) is 62.7 Å². The van der Waals surface area contributed by atoms with E-state index < -0.39 is 0 Å². The minimum absolute atomic E-state index is 0.0942. The summed E-state index contributed by atoms with van der Waals surface area (Å²) in [6.45, 7) is 4.16. The number of ether oxygens (including phenoxy) is 1. The van der Waals surface area contributed by atoms with Gasteiger partial charge >= 0.3 is 0 Å². The van der Waals surface area contributed by atoms with Crippen molar-refractivity contribution in [2.75, 3.05) is 26.8 Å². The number of hydrogen-bond acceptors (Lipinski definition) is 5. The third-order valence-corrected chi connectivity index (χ3v) is 3.94. The third kappa shape index (κ3) is 3.52. The zero-order valence-corrected chi connectivity index (χ0v) is 13.2. The second-order valence-electron chi connectivity index (χ2n) is 4.50. The number of aliphatic hydroxyl groups excluding tert-OH is 1. The number of rotatable bonds is 7. The highest BCUT2D eigenvalue weighted by molar-refractivity contribution is 7.13. The largest absolute Gasteiger partial charge is 0.496 e. The average molecular weight is 318 g/mol. The van der Waals surface area contributed by atoms with Crippen LogP contribution in [-0.2, 0) is 0 Å². The molecule has 0 saturated carbocycles. The highest BCUT2D eigenvalue weighted by atomic mass is 32.1. The van der Waals surface area contributed by atoms with E-state index in [9.17, 15) is 4.79 Å². The Morgan fingerprint density at radius 2 is 2.27 bits per heavy atom. The molecule has 0 fully saturated rings. The number of amides is 1. The van der Waals surface area contributed by atoms with Gasteiger partial charge in [0.15, 0.2) is 0 Å². The smallest absolute Gasteiger partial charge is 0.273 e. The monoisotopic (exact) mass is 318 g/mol. The van der Waals surface area contributed by atoms with Gasteiger partial charge in [-0.3, -0.25) is 4.79 Å². The van der Waals surface area contributed by atoms with Crippen LogP contribution in [0.25, 0.3) is 10.6 Å². The first-order chi connectivity index (χ1) is 10.7. The summed E-state index contributed by atoms with van der Waals surface area (Å²) in [5.74, 6) is 0.500. The fourth-order valence-corrected chi connectivity index (χ4v) is 2.85. The van der Waals surface area contributed by atoms with Crippen LogP contribution in [0.3, 0.4) is 0 Å². The van der Waals surface area contributed by atoms with Crippen molar-refractivity contribution in [3.8, 4) is 16.3 Å². The highest BCUT2D eigenvalue weighted by Gasteiger charge is 2.18. The van der Waals surface area contributed by atoms with Crippen LogP contribution in [0.15, 0.2) is 42.3 Å². The fourth-order valence-electron chi connectivity index (χ4n) is 2.03. The van der Waals surface area contributed by atoms with E-state index in [2.05, 4.69) is 11.6 Å². The van der Waals surface area contributed by atoms with Crippen molar-refractivity contribution in [1.29, 1.82) is 0 Å². The molecule has 1 heterocycles. The minimum atomic E-state index is -0.216. The predicted octanol–water partition coefficient (Wildman–Crippen LogP) is 2.44. The third-order valence-electron chi connectivity index (χ3n) is 3.07. The van der Waals surface area contributed by atoms with E-state index in [1.54, 1.807) is 18.6 Å². The van der Waals surface area contributed by atoms with Crippen molar-refractivity contribution in [3.63, 3.8) is 0 Å². The van der Waals surface area contributed by atoms with Crippen molar-refractivity contribution in [1.82, 2.24) is 9.88 Å². The van der Waals surface area contributed by atoms with Gasteiger partial charge in [-0.05, 0) is 12.1 Å². The molecule has 1 aromatic carbocycles. The lowest BCUT2D eigenvalue weighted by Crippen LogP contribution is -2.33. The highest BCUT2D eigenvalue weighted by Crippen LogP contribution is 2.32. The molecule has 0 aliphatic rings. The lowest BCUT2D eigenvalue weighted by Gasteiger charge is -2.18. The van der Waals surface area contributed by atoms with Crippen LogP contribution in [0.2, 0.25) is 0 Å². The van der Waals surface area contributed by atoms with E-state index in [-0.39, 0.29) is 19.1 Å². The molecule has 2 rings (SSSR count). The lowest BCUT2D eigenvalue weighted by atomic mass is 10.2. The Morgan fingerprint density at radius 3 is 2.95 bits per heavy atom. The molecule has 0 aliphatic heterocycles. The van der Waals surface area contributed by atoms with E-state index in [0.29, 0.717) is 18.0 Å². The molecule has 6 heteroatoms. The Kier molecular flexibility index (Phi) is 5.68. The van der Waals surface area contributed by atoms with E-state index in [4.69, 9.17) is 9.84 Å². The number of thiazole rings is 1. The molecule has 1 N–H and O–H groups in total. The molecule has 2 aromatic rings. The molecule has 1 aromatic heterocycles. The second-order valence-corrected chi connectivity index (χ2v) is 5.36. The van der Waals surface area contributed by atoms with Gasteiger partial charge in [0.05, 0.1) is 19.3 Å². The summed E-state index contributed by atoms with van der Waals surface area (Å²) < 4.78 is 5.32. The average Bonchev–Trinajstić information content (AvgIpc) is 3.03. The Bertz CT molecular complexity index is 654. The second kappa shape index (κ2) is 7.72. The molecule has 116 valence electrons. The number of aromatic nitrogens is 1. The molecule has 0 spiro atoms. The number of hydrogen-bond donors (Lipinski definition) is 1. The van der Waals surface area contributed by atoms with Crippen LogP contribution < -0.4 is 4.74 Å². The molecule has 0 radical (unpaired) electrons. The number of carbonyl (C=O) groups is 1. The molecule has 0 saturated heterocycles. The van der Waals surface area contributed by atoms with Crippen LogP contribution in [0.5, 0.6) is 5.75 Å². The van der Waals surface area contributed by atoms with Gasteiger partial charge in [0, 0.05) is 18.5 Å². The van der Waals surface area contributed by atoms with Crippen LogP contribution in [0.1, 0.15) is 10.5 Å². The number of methoxy groups -OCH3 is 1. The van der Waals surface area contributed by atoms with Gasteiger partial charge in [0.25, 0.3) is 5.91 Å². The minimum Gasteiger partial charge on any atom is -0.496 e. The summed E-state index contributed by atoms with van der Waals surface area (Å²) >= 11 is 1.39. The van der Waals surface area contributed by atoms with Crippen molar-refractivity contribution in [2.45, 2.75) is 0 Å². The van der Waals surface area contributed by atoms with Crippen molar-refractivity contribution in [3.05, 3.63) is 48.0 Å². The number of carbonyl (C=O) groups excluding carboxylic acids is 1. The van der Waals surface area contributed by atoms with E-state index in [0.717, 1.165) is 10.6 Å². The molecule has 0 aliphatic carbocycles. The molecule has 1 amide bonds. The van der Waals surface area contributed by atoms with Gasteiger partial charge in [-0.1, -0.05) is 18.2 Å². The summed E-state index contributed by atoms with van der Waals surface area (Å²) in [6, 6.07) is 7.54. The predicted molar refractivity (Wildman–Crippen MR) is 87.3 cm³/mol. The summed E-state index contributed by atoms with van der Waals surface area (Å²) in [4.78, 5) is 18.3. The summed E-state index contributed by atoms with van der Waals surface area (Å²) in [5.41, 5.74) is 1.22. The van der Waals surface area contributed by atoms with Gasteiger partial charge < -0.3 is 14.7 Å². The fraction of sp³-hybridized carbons (Fsp3) is 0.250. The lowest BCUT2D eigenvalue weighted by molar-refractivity contribution is 0.0738. The van der Waals surface area contributed by atoms with Gasteiger partial charge in [-0.15, -0.1) is 17.9 Å². The molecule has 0 bridgehead atoms. The standard InChI is InChI=1S/C16H18N2O3S/c1-3-8-18(9-10-19)16(20)13-11-22-15(17-13)12-6-4-5-7-14(12)21-2/h3-7,11,19H,1,8-10H2,2H3. The van der Waals surface area contributed by atoms with Crippen molar-refractivity contribution in [2.24, 2.45) is 0 Å². The van der Waals surface area contributed by atoms with Crippen LogP contribution >= 0.6 is 11.3 Å². The maximum Gasteiger partial charge on any atom is 0.273 e. The summed E-state index contributed by atoms with van der Waals surface area (Å²) in [5, 5.41) is 11.5. The summed E-state index contributed by atoms with van der Waals surface area (Å²) in [6.07, 6.45) is 1.63. The Labute approximate surface area is 133 Å². The van der Waals surface area contributed by atoms with Crippen LogP contribution in [0, 0.1) is 0 Å². The number of nitrogens with zero attached hydrogens (tertiary/aromatic N) is 2. The van der Waals surface area contributed by atoms with Gasteiger partial charge in [-0.2, -0.15) is 0 Å². The zero-order valence-electron chi connectivity index (χ0n) is 12.4. The van der Waals surface area contributed by atoms with E-state index >= 15 is 0 Å². The SMILES string of the molecule is C=CCN(CCO)C(=O)c1csc(-c2ccccc2OC)n1. The summed E-state index contributed by atoms with van der Waals surface area (Å²) in [7, 11) is 1.60.